The maximum atomic E-state index is 12.9. The molecule has 0 aromatic heterocycles. The number of rotatable bonds is 2. The minimum Gasteiger partial charge on any atom is -0.427 e. The summed E-state index contributed by atoms with van der Waals surface area (Å²) in [6, 6.07) is 4.61. The molecule has 0 aliphatic heterocycles. The van der Waals surface area contributed by atoms with Crippen LogP contribution in [0.25, 0.3) is 0 Å². The van der Waals surface area contributed by atoms with Crippen LogP contribution >= 0.6 is 0 Å². The lowest BCUT2D eigenvalue weighted by Gasteiger charge is -2.01. The highest BCUT2D eigenvalue weighted by Gasteiger charge is 2.08. The molecule has 0 heterocycles. The summed E-state index contributed by atoms with van der Waals surface area (Å²) in [7, 11) is -1.41. The quantitative estimate of drug-likeness (QED) is 0.637. The molecule has 0 aliphatic rings. The first-order valence-corrected chi connectivity index (χ1v) is 3.71. The fraction of sp³-hybridized carbons (Fsp3) is 0.250. The number of benzene rings is 1. The van der Waals surface area contributed by atoms with Gasteiger partial charge in [-0.2, -0.15) is 0 Å². The summed E-state index contributed by atoms with van der Waals surface area (Å²) < 4.78 is 12.9. The molecule has 0 bridgehead atoms. The number of halogens is 1. The highest BCUT2D eigenvalue weighted by molar-refractivity contribution is 6.40. The molecule has 1 rings (SSSR count). The Kier molecular flexibility index (Phi) is 2.84. The van der Waals surface area contributed by atoms with E-state index in [2.05, 4.69) is 0 Å². The van der Waals surface area contributed by atoms with E-state index in [-0.39, 0.29) is 12.1 Å². The summed E-state index contributed by atoms with van der Waals surface area (Å²) in [5, 5.41) is 17.2. The van der Waals surface area contributed by atoms with Gasteiger partial charge in [0, 0.05) is 6.32 Å². The molecule has 0 fully saturated rings. The molecule has 0 radical (unpaired) electrons. The summed E-state index contributed by atoms with van der Waals surface area (Å²) in [6.45, 7) is 1.66. The van der Waals surface area contributed by atoms with Crippen molar-refractivity contribution in [3.05, 3.63) is 35.1 Å². The first-order valence-electron chi connectivity index (χ1n) is 3.71. The van der Waals surface area contributed by atoms with Crippen LogP contribution in [0.2, 0.25) is 0 Å². The average molecular weight is 168 g/mol. The van der Waals surface area contributed by atoms with Crippen LogP contribution in [0.4, 0.5) is 4.39 Å². The Balaban J connectivity index is 2.82. The van der Waals surface area contributed by atoms with Crippen LogP contribution in [-0.2, 0) is 6.32 Å². The molecular formula is C8H10BFO2. The maximum absolute atomic E-state index is 12.9. The van der Waals surface area contributed by atoms with Gasteiger partial charge in [0.05, 0.1) is 0 Å². The Morgan fingerprint density at radius 2 is 2.08 bits per heavy atom. The molecule has 0 saturated carbocycles. The van der Waals surface area contributed by atoms with Gasteiger partial charge in [-0.15, -0.1) is 0 Å². The van der Waals surface area contributed by atoms with Crippen molar-refractivity contribution >= 4 is 7.12 Å². The van der Waals surface area contributed by atoms with Crippen molar-refractivity contribution in [3.8, 4) is 0 Å². The van der Waals surface area contributed by atoms with Gasteiger partial charge in [-0.05, 0) is 24.1 Å². The van der Waals surface area contributed by atoms with E-state index < -0.39 is 7.12 Å². The summed E-state index contributed by atoms with van der Waals surface area (Å²) in [5.41, 5.74) is 1.15. The molecule has 1 aromatic carbocycles. The standard InChI is InChI=1S/C8H10BFO2/c1-6-2-3-7(4-8(6)10)5-9(11)12/h2-4,11-12H,5H2,1H3. The van der Waals surface area contributed by atoms with Crippen LogP contribution < -0.4 is 0 Å². The van der Waals surface area contributed by atoms with Gasteiger partial charge in [0.1, 0.15) is 5.82 Å². The normalized spacial score (nSPS) is 10.0. The van der Waals surface area contributed by atoms with Crippen LogP contribution in [0.1, 0.15) is 11.1 Å². The van der Waals surface area contributed by atoms with E-state index in [9.17, 15) is 4.39 Å². The zero-order valence-corrected chi connectivity index (χ0v) is 6.79. The molecule has 0 saturated heterocycles. The molecule has 4 heteroatoms. The van der Waals surface area contributed by atoms with Crippen molar-refractivity contribution in [2.24, 2.45) is 0 Å². The molecular weight excluding hydrogens is 158 g/mol. The lowest BCUT2D eigenvalue weighted by molar-refractivity contribution is 0.405. The van der Waals surface area contributed by atoms with Gasteiger partial charge in [0.2, 0.25) is 0 Å². The summed E-state index contributed by atoms with van der Waals surface area (Å²) >= 11 is 0. The van der Waals surface area contributed by atoms with Crippen LogP contribution in [0, 0.1) is 12.7 Å². The lowest BCUT2D eigenvalue weighted by Crippen LogP contribution is -2.15. The van der Waals surface area contributed by atoms with Gasteiger partial charge in [0.25, 0.3) is 0 Å². The predicted octanol–water partition coefficient (Wildman–Crippen LogP) is 0.689. The van der Waals surface area contributed by atoms with E-state index in [1.54, 1.807) is 19.1 Å². The van der Waals surface area contributed by atoms with Gasteiger partial charge in [-0.3, -0.25) is 0 Å². The van der Waals surface area contributed by atoms with Crippen molar-refractivity contribution in [3.63, 3.8) is 0 Å². The Bertz CT molecular complexity index is 276. The zero-order valence-electron chi connectivity index (χ0n) is 6.79. The van der Waals surface area contributed by atoms with Crippen molar-refractivity contribution in [1.29, 1.82) is 0 Å². The topological polar surface area (TPSA) is 40.5 Å². The average Bonchev–Trinajstić information content (AvgIpc) is 1.96. The molecule has 12 heavy (non-hydrogen) atoms. The second-order valence-corrected chi connectivity index (χ2v) is 2.77. The largest absolute Gasteiger partial charge is 0.456 e. The van der Waals surface area contributed by atoms with E-state index in [0.717, 1.165) is 0 Å². The highest BCUT2D eigenvalue weighted by Crippen LogP contribution is 2.09. The van der Waals surface area contributed by atoms with Crippen LogP contribution in [0.3, 0.4) is 0 Å². The summed E-state index contributed by atoms with van der Waals surface area (Å²) in [4.78, 5) is 0. The smallest absolute Gasteiger partial charge is 0.427 e. The highest BCUT2D eigenvalue weighted by atomic mass is 19.1. The van der Waals surface area contributed by atoms with E-state index in [4.69, 9.17) is 10.0 Å². The van der Waals surface area contributed by atoms with Gasteiger partial charge in [-0.1, -0.05) is 12.1 Å². The molecule has 1 aromatic rings. The monoisotopic (exact) mass is 168 g/mol. The fourth-order valence-corrected chi connectivity index (χ4v) is 0.974. The minimum atomic E-state index is -1.41. The third-order valence-corrected chi connectivity index (χ3v) is 1.65. The molecule has 0 aliphatic carbocycles. The maximum Gasteiger partial charge on any atom is 0.456 e. The van der Waals surface area contributed by atoms with E-state index in [1.165, 1.54) is 6.07 Å². The van der Waals surface area contributed by atoms with Gasteiger partial charge in [-0.25, -0.2) is 4.39 Å². The second kappa shape index (κ2) is 3.69. The number of aryl methyl sites for hydroxylation is 1. The molecule has 0 unspecified atom stereocenters. The third kappa shape index (κ3) is 2.32. The summed E-state index contributed by atoms with van der Waals surface area (Å²) in [5.74, 6) is -0.312. The Morgan fingerprint density at radius 1 is 1.42 bits per heavy atom. The van der Waals surface area contributed by atoms with Crippen LogP contribution in [0.5, 0.6) is 0 Å². The Morgan fingerprint density at radius 3 is 2.58 bits per heavy atom. The van der Waals surface area contributed by atoms with Crippen LogP contribution in [-0.4, -0.2) is 17.2 Å². The fourth-order valence-electron chi connectivity index (χ4n) is 0.974. The molecule has 2 nitrogen and oxygen atoms in total. The van der Waals surface area contributed by atoms with Gasteiger partial charge < -0.3 is 10.0 Å². The van der Waals surface area contributed by atoms with Crippen molar-refractivity contribution in [1.82, 2.24) is 0 Å². The van der Waals surface area contributed by atoms with E-state index in [0.29, 0.717) is 11.1 Å². The predicted molar refractivity (Wildman–Crippen MR) is 45.0 cm³/mol. The van der Waals surface area contributed by atoms with E-state index in [1.807, 2.05) is 0 Å². The first kappa shape index (κ1) is 9.22. The number of hydrogen-bond donors (Lipinski definition) is 2. The Hall–Kier alpha value is -0.865. The molecule has 0 spiro atoms. The van der Waals surface area contributed by atoms with Gasteiger partial charge >= 0.3 is 7.12 Å². The van der Waals surface area contributed by atoms with Crippen molar-refractivity contribution in [2.45, 2.75) is 13.2 Å². The molecule has 0 amide bonds. The minimum absolute atomic E-state index is 0.0667. The second-order valence-electron chi connectivity index (χ2n) is 2.77. The number of hydrogen-bond acceptors (Lipinski definition) is 2. The van der Waals surface area contributed by atoms with Gasteiger partial charge in [0.15, 0.2) is 0 Å². The lowest BCUT2D eigenvalue weighted by atomic mass is 9.82. The van der Waals surface area contributed by atoms with E-state index >= 15 is 0 Å². The zero-order chi connectivity index (χ0) is 9.14. The molecule has 64 valence electrons. The Labute approximate surface area is 70.8 Å². The van der Waals surface area contributed by atoms with Crippen LogP contribution in [0.15, 0.2) is 18.2 Å². The van der Waals surface area contributed by atoms with Crippen molar-refractivity contribution < 1.29 is 14.4 Å². The third-order valence-electron chi connectivity index (χ3n) is 1.65. The molecule has 0 atom stereocenters. The molecule has 2 N–H and O–H groups in total. The SMILES string of the molecule is Cc1ccc(CB(O)O)cc1F. The summed E-state index contributed by atoms with van der Waals surface area (Å²) in [6.07, 6.45) is 0.0667. The first-order chi connectivity index (χ1) is 5.59. The van der Waals surface area contributed by atoms with Crippen molar-refractivity contribution in [2.75, 3.05) is 0 Å².